The van der Waals surface area contributed by atoms with Crippen molar-refractivity contribution in [1.29, 1.82) is 5.26 Å². The van der Waals surface area contributed by atoms with E-state index in [0.717, 1.165) is 43.2 Å². The van der Waals surface area contributed by atoms with Crippen molar-refractivity contribution in [2.75, 3.05) is 6.54 Å². The zero-order chi connectivity index (χ0) is 23.0. The summed E-state index contributed by atoms with van der Waals surface area (Å²) in [6.45, 7) is 4.14. The minimum absolute atomic E-state index is 0.108. The smallest absolute Gasteiger partial charge is 0.311 e. The maximum absolute atomic E-state index is 12.1. The van der Waals surface area contributed by atoms with Crippen LogP contribution >= 0.6 is 0 Å². The molecular formula is C27H32N2O3. The molecule has 0 saturated heterocycles. The first-order chi connectivity index (χ1) is 15.6. The first-order valence-electron chi connectivity index (χ1n) is 11.3. The molecule has 0 spiro atoms. The van der Waals surface area contributed by atoms with Crippen molar-refractivity contribution in [2.45, 2.75) is 57.8 Å². The Bertz CT molecular complexity index is 896. The van der Waals surface area contributed by atoms with E-state index in [4.69, 9.17) is 10.00 Å². The number of carbonyl (C=O) groups is 2. The second-order valence-corrected chi connectivity index (χ2v) is 7.76. The fraction of sp³-hybridized carbons (Fsp3) is 0.370. The number of rotatable bonds is 14. The van der Waals surface area contributed by atoms with Crippen molar-refractivity contribution in [1.82, 2.24) is 5.32 Å². The molecule has 0 aliphatic rings. The standard InChI is InChI=1S/C27H32N2O3/c1-2-26(30)29-20-10-8-6-4-3-5-7-9-11-27(31)32-25-18-16-24(17-19-25)23-14-12-22(21-28)13-15-23/h2,12-19H,1,3-11,20H2,(H,29,30). The van der Waals surface area contributed by atoms with Crippen LogP contribution < -0.4 is 10.1 Å². The number of ether oxygens (including phenoxy) is 1. The number of amides is 1. The van der Waals surface area contributed by atoms with Gasteiger partial charge in [-0.15, -0.1) is 0 Å². The summed E-state index contributed by atoms with van der Waals surface area (Å²) in [5, 5.41) is 11.7. The van der Waals surface area contributed by atoms with Crippen LogP contribution in [0.1, 0.15) is 63.4 Å². The molecule has 0 aliphatic heterocycles. The molecule has 168 valence electrons. The summed E-state index contributed by atoms with van der Waals surface area (Å²) in [5.41, 5.74) is 2.66. The third-order valence-corrected chi connectivity index (χ3v) is 5.23. The van der Waals surface area contributed by atoms with E-state index in [1.807, 2.05) is 24.3 Å². The lowest BCUT2D eigenvalue weighted by atomic mass is 10.0. The molecule has 0 bridgehead atoms. The fourth-order valence-corrected chi connectivity index (χ4v) is 3.37. The minimum Gasteiger partial charge on any atom is -0.427 e. The molecule has 2 aromatic rings. The summed E-state index contributed by atoms with van der Waals surface area (Å²) in [7, 11) is 0. The third kappa shape index (κ3) is 9.61. The first-order valence-corrected chi connectivity index (χ1v) is 11.3. The number of nitriles is 1. The summed E-state index contributed by atoms with van der Waals surface area (Å²) >= 11 is 0. The highest BCUT2D eigenvalue weighted by molar-refractivity contribution is 5.86. The summed E-state index contributed by atoms with van der Waals surface area (Å²) in [5.74, 6) is 0.248. The maximum atomic E-state index is 12.1. The van der Waals surface area contributed by atoms with Crippen LogP contribution in [0.3, 0.4) is 0 Å². The molecule has 0 unspecified atom stereocenters. The van der Waals surface area contributed by atoms with Gasteiger partial charge in [-0.2, -0.15) is 5.26 Å². The van der Waals surface area contributed by atoms with Gasteiger partial charge in [0.05, 0.1) is 11.6 Å². The van der Waals surface area contributed by atoms with Gasteiger partial charge in [0.2, 0.25) is 5.91 Å². The number of hydrogen-bond donors (Lipinski definition) is 1. The minimum atomic E-state index is -0.197. The molecule has 0 saturated carbocycles. The molecule has 1 N–H and O–H groups in total. The van der Waals surface area contributed by atoms with Gasteiger partial charge in [0.15, 0.2) is 0 Å². The van der Waals surface area contributed by atoms with Gasteiger partial charge in [0.25, 0.3) is 0 Å². The molecule has 0 heterocycles. The molecule has 0 atom stereocenters. The Balaban J connectivity index is 1.53. The van der Waals surface area contributed by atoms with Gasteiger partial charge in [-0.1, -0.05) is 69.4 Å². The molecular weight excluding hydrogens is 400 g/mol. The topological polar surface area (TPSA) is 79.2 Å². The Morgan fingerprint density at radius 2 is 1.38 bits per heavy atom. The summed E-state index contributed by atoms with van der Waals surface area (Å²) in [4.78, 5) is 23.1. The maximum Gasteiger partial charge on any atom is 0.311 e. The quantitative estimate of drug-likeness (QED) is 0.173. The van der Waals surface area contributed by atoms with Gasteiger partial charge in [-0.3, -0.25) is 9.59 Å². The van der Waals surface area contributed by atoms with Crippen LogP contribution in [0.5, 0.6) is 5.75 Å². The molecule has 32 heavy (non-hydrogen) atoms. The van der Waals surface area contributed by atoms with Gasteiger partial charge in [0.1, 0.15) is 5.75 Å². The molecule has 0 fully saturated rings. The van der Waals surface area contributed by atoms with E-state index in [0.29, 0.717) is 24.3 Å². The molecule has 0 aliphatic carbocycles. The first kappa shape index (κ1) is 24.9. The van der Waals surface area contributed by atoms with E-state index in [9.17, 15) is 9.59 Å². The second kappa shape index (κ2) is 14.6. The number of carbonyl (C=O) groups excluding carboxylic acids is 2. The highest BCUT2D eigenvalue weighted by atomic mass is 16.5. The molecule has 5 heteroatoms. The lowest BCUT2D eigenvalue weighted by molar-refractivity contribution is -0.134. The van der Waals surface area contributed by atoms with Crippen molar-refractivity contribution >= 4 is 11.9 Å². The lowest BCUT2D eigenvalue weighted by Crippen LogP contribution is -2.21. The third-order valence-electron chi connectivity index (χ3n) is 5.23. The largest absolute Gasteiger partial charge is 0.427 e. The fourth-order valence-electron chi connectivity index (χ4n) is 3.37. The normalized spacial score (nSPS) is 10.2. The van der Waals surface area contributed by atoms with Gasteiger partial charge in [-0.25, -0.2) is 0 Å². The number of hydrogen-bond acceptors (Lipinski definition) is 4. The van der Waals surface area contributed by atoms with E-state index < -0.39 is 0 Å². The van der Waals surface area contributed by atoms with E-state index in [1.165, 1.54) is 25.3 Å². The van der Waals surface area contributed by atoms with E-state index >= 15 is 0 Å². The van der Waals surface area contributed by atoms with Crippen molar-refractivity contribution in [3.63, 3.8) is 0 Å². The zero-order valence-corrected chi connectivity index (χ0v) is 18.6. The van der Waals surface area contributed by atoms with E-state index in [1.54, 1.807) is 24.3 Å². The molecule has 0 radical (unpaired) electrons. The monoisotopic (exact) mass is 432 g/mol. The van der Waals surface area contributed by atoms with E-state index in [2.05, 4.69) is 18.0 Å². The Morgan fingerprint density at radius 1 is 0.844 bits per heavy atom. The Kier molecular flexibility index (Phi) is 11.3. The Labute approximate surface area is 191 Å². The highest BCUT2D eigenvalue weighted by Gasteiger charge is 2.06. The van der Waals surface area contributed by atoms with Crippen molar-refractivity contribution in [3.05, 3.63) is 66.7 Å². The Morgan fingerprint density at radius 3 is 1.94 bits per heavy atom. The van der Waals surface area contributed by atoms with Crippen LogP contribution in [0.4, 0.5) is 0 Å². The van der Waals surface area contributed by atoms with Gasteiger partial charge in [-0.05, 0) is 54.3 Å². The second-order valence-electron chi connectivity index (χ2n) is 7.76. The van der Waals surface area contributed by atoms with Crippen LogP contribution in [0.15, 0.2) is 61.2 Å². The highest BCUT2D eigenvalue weighted by Crippen LogP contribution is 2.23. The van der Waals surface area contributed by atoms with Gasteiger partial charge < -0.3 is 10.1 Å². The van der Waals surface area contributed by atoms with Gasteiger partial charge in [0, 0.05) is 13.0 Å². The van der Waals surface area contributed by atoms with Crippen molar-refractivity contribution < 1.29 is 14.3 Å². The molecule has 0 aromatic heterocycles. The molecule has 2 rings (SSSR count). The van der Waals surface area contributed by atoms with Crippen LogP contribution in [0.25, 0.3) is 11.1 Å². The number of benzene rings is 2. The molecule has 5 nitrogen and oxygen atoms in total. The van der Waals surface area contributed by atoms with Crippen LogP contribution in [-0.2, 0) is 9.59 Å². The van der Waals surface area contributed by atoms with Crippen LogP contribution in [-0.4, -0.2) is 18.4 Å². The number of unbranched alkanes of at least 4 members (excludes halogenated alkanes) is 7. The predicted molar refractivity (Wildman–Crippen MR) is 127 cm³/mol. The number of nitrogens with one attached hydrogen (secondary N) is 1. The predicted octanol–water partition coefficient (Wildman–Crippen LogP) is 5.94. The average Bonchev–Trinajstić information content (AvgIpc) is 2.83. The SMILES string of the molecule is C=CC(=O)NCCCCCCCCCCC(=O)Oc1ccc(-c2ccc(C#N)cc2)cc1. The lowest BCUT2D eigenvalue weighted by Gasteiger charge is -2.07. The average molecular weight is 433 g/mol. The summed E-state index contributed by atoms with van der Waals surface area (Å²) < 4.78 is 5.43. The van der Waals surface area contributed by atoms with Crippen LogP contribution in [0.2, 0.25) is 0 Å². The number of nitrogens with zero attached hydrogens (tertiary/aromatic N) is 1. The zero-order valence-electron chi connectivity index (χ0n) is 18.6. The van der Waals surface area contributed by atoms with E-state index in [-0.39, 0.29) is 11.9 Å². The Hall–Kier alpha value is -3.39. The molecule has 2 aromatic carbocycles. The van der Waals surface area contributed by atoms with Crippen molar-refractivity contribution in [3.8, 4) is 22.9 Å². The van der Waals surface area contributed by atoms with Gasteiger partial charge >= 0.3 is 5.97 Å². The molecule has 1 amide bonds. The van der Waals surface area contributed by atoms with Crippen molar-refractivity contribution in [2.24, 2.45) is 0 Å². The van der Waals surface area contributed by atoms with Crippen LogP contribution in [0, 0.1) is 11.3 Å². The summed E-state index contributed by atoms with van der Waals surface area (Å²) in [6.07, 6.45) is 10.4. The number of esters is 1. The summed E-state index contributed by atoms with van der Waals surface area (Å²) in [6, 6.07) is 16.9.